The highest BCUT2D eigenvalue weighted by Gasteiger charge is 2.12. The molecular weight excluding hydrogens is 291 g/mol. The average molecular weight is 299 g/mol. The van der Waals surface area contributed by atoms with Crippen LogP contribution in [0.2, 0.25) is 10.0 Å². The predicted molar refractivity (Wildman–Crippen MR) is 72.1 cm³/mol. The Labute approximate surface area is 117 Å². The van der Waals surface area contributed by atoms with E-state index in [2.05, 4.69) is 4.98 Å². The summed E-state index contributed by atoms with van der Waals surface area (Å²) in [4.78, 5) is 36.4. The summed E-state index contributed by atoms with van der Waals surface area (Å²) in [6.45, 7) is -0.211. The molecule has 0 aliphatic rings. The fourth-order valence-corrected chi connectivity index (χ4v) is 2.04. The number of nitrogens with one attached hydrogen (secondary N) is 1. The first-order valence-corrected chi connectivity index (χ1v) is 6.01. The molecule has 0 saturated heterocycles. The van der Waals surface area contributed by atoms with E-state index < -0.39 is 11.2 Å². The molecule has 1 aromatic heterocycles. The van der Waals surface area contributed by atoms with Gasteiger partial charge < -0.3 is 0 Å². The Hall–Kier alpha value is -1.85. The normalized spacial score (nSPS) is 10.4. The summed E-state index contributed by atoms with van der Waals surface area (Å²) in [5.41, 5.74) is -0.895. The second-order valence-electron chi connectivity index (χ2n) is 3.79. The van der Waals surface area contributed by atoms with Crippen molar-refractivity contribution in [2.45, 2.75) is 6.54 Å². The van der Waals surface area contributed by atoms with Gasteiger partial charge in [-0.1, -0.05) is 23.2 Å². The molecule has 2 aromatic rings. The maximum absolute atomic E-state index is 12.0. The summed E-state index contributed by atoms with van der Waals surface area (Å²) >= 11 is 11.6. The van der Waals surface area contributed by atoms with Crippen LogP contribution in [0, 0.1) is 0 Å². The zero-order valence-electron chi connectivity index (χ0n) is 9.52. The van der Waals surface area contributed by atoms with Crippen LogP contribution in [0.15, 0.2) is 40.1 Å². The molecule has 0 fully saturated rings. The minimum absolute atomic E-state index is 0.211. The summed E-state index contributed by atoms with van der Waals surface area (Å²) < 4.78 is 1.09. The van der Waals surface area contributed by atoms with Gasteiger partial charge in [0.05, 0.1) is 11.6 Å². The molecule has 0 aliphatic carbocycles. The molecule has 98 valence electrons. The van der Waals surface area contributed by atoms with E-state index in [0.29, 0.717) is 5.02 Å². The monoisotopic (exact) mass is 298 g/mol. The number of nitrogens with zero attached hydrogens (tertiary/aromatic N) is 1. The number of hydrogen-bond acceptors (Lipinski definition) is 3. The smallest absolute Gasteiger partial charge is 0.293 e. The molecule has 1 aromatic carbocycles. The Balaban J connectivity index is 2.30. The third-order valence-electron chi connectivity index (χ3n) is 2.44. The summed E-state index contributed by atoms with van der Waals surface area (Å²) in [5.74, 6) is -0.351. The van der Waals surface area contributed by atoms with E-state index >= 15 is 0 Å². The number of rotatable bonds is 3. The third-order valence-corrected chi connectivity index (χ3v) is 2.99. The highest BCUT2D eigenvalue weighted by molar-refractivity contribution is 6.36. The van der Waals surface area contributed by atoms with Crippen LogP contribution in [-0.2, 0) is 6.54 Å². The van der Waals surface area contributed by atoms with Crippen molar-refractivity contribution in [1.29, 1.82) is 0 Å². The van der Waals surface area contributed by atoms with Gasteiger partial charge in [-0.2, -0.15) is 0 Å². The van der Waals surface area contributed by atoms with Crippen LogP contribution in [0.4, 0.5) is 0 Å². The number of halogens is 2. The zero-order valence-corrected chi connectivity index (χ0v) is 11.0. The highest BCUT2D eigenvalue weighted by atomic mass is 35.5. The summed E-state index contributed by atoms with van der Waals surface area (Å²) in [7, 11) is 0. The van der Waals surface area contributed by atoms with Gasteiger partial charge in [-0.25, -0.2) is 4.79 Å². The number of aromatic amines is 1. The Kier molecular flexibility index (Phi) is 3.87. The molecule has 1 N–H and O–H groups in total. The first kappa shape index (κ1) is 13.6. The van der Waals surface area contributed by atoms with Crippen molar-refractivity contribution in [3.63, 3.8) is 0 Å². The van der Waals surface area contributed by atoms with E-state index in [1.807, 2.05) is 0 Å². The van der Waals surface area contributed by atoms with Crippen molar-refractivity contribution in [2.75, 3.05) is 0 Å². The highest BCUT2D eigenvalue weighted by Crippen LogP contribution is 2.21. The van der Waals surface area contributed by atoms with Crippen molar-refractivity contribution < 1.29 is 4.79 Å². The van der Waals surface area contributed by atoms with E-state index in [1.165, 1.54) is 24.4 Å². The van der Waals surface area contributed by atoms with Gasteiger partial charge in [-0.15, -0.1) is 0 Å². The fraction of sp³-hybridized carbons (Fsp3) is 0.0833. The molecule has 0 unspecified atom stereocenters. The first-order chi connectivity index (χ1) is 8.97. The molecule has 1 heterocycles. The van der Waals surface area contributed by atoms with Crippen molar-refractivity contribution in [3.05, 3.63) is 66.9 Å². The lowest BCUT2D eigenvalue weighted by molar-refractivity contribution is 0.0970. The average Bonchev–Trinajstić information content (AvgIpc) is 2.32. The Morgan fingerprint density at radius 2 is 1.95 bits per heavy atom. The van der Waals surface area contributed by atoms with Gasteiger partial charge in [0.25, 0.3) is 5.56 Å². The quantitative estimate of drug-likeness (QED) is 0.877. The lowest BCUT2D eigenvalue weighted by Gasteiger charge is -2.06. The summed E-state index contributed by atoms with van der Waals surface area (Å²) in [6, 6.07) is 5.64. The second kappa shape index (κ2) is 5.42. The van der Waals surface area contributed by atoms with Crippen molar-refractivity contribution in [3.8, 4) is 0 Å². The zero-order chi connectivity index (χ0) is 14.0. The Morgan fingerprint density at radius 3 is 2.58 bits per heavy atom. The maximum Gasteiger partial charge on any atom is 0.328 e. The Bertz CT molecular complexity index is 749. The molecule has 0 amide bonds. The molecule has 0 atom stereocenters. The summed E-state index contributed by atoms with van der Waals surface area (Å²) in [6.07, 6.45) is 1.25. The number of ketones is 1. The van der Waals surface area contributed by atoms with Crippen LogP contribution in [0.25, 0.3) is 0 Å². The number of carbonyl (C=O) groups is 1. The van der Waals surface area contributed by atoms with E-state index in [0.717, 1.165) is 10.6 Å². The van der Waals surface area contributed by atoms with Crippen LogP contribution < -0.4 is 11.2 Å². The number of aromatic nitrogens is 2. The van der Waals surface area contributed by atoms with Crippen LogP contribution in [0.5, 0.6) is 0 Å². The van der Waals surface area contributed by atoms with Crippen molar-refractivity contribution >= 4 is 29.0 Å². The SMILES string of the molecule is O=C(Cn1ccc(=O)[nH]c1=O)c1ccc(Cl)cc1Cl. The van der Waals surface area contributed by atoms with E-state index in [9.17, 15) is 14.4 Å². The van der Waals surface area contributed by atoms with Crippen LogP contribution in [-0.4, -0.2) is 15.3 Å². The lowest BCUT2D eigenvalue weighted by Crippen LogP contribution is -2.30. The number of hydrogen-bond donors (Lipinski definition) is 1. The van der Waals surface area contributed by atoms with Gasteiger partial charge in [-0.3, -0.25) is 19.1 Å². The fourth-order valence-electron chi connectivity index (χ4n) is 1.52. The van der Waals surface area contributed by atoms with Gasteiger partial charge in [0.1, 0.15) is 0 Å². The van der Waals surface area contributed by atoms with Crippen LogP contribution >= 0.6 is 23.2 Å². The molecule has 2 rings (SSSR count). The van der Waals surface area contributed by atoms with Crippen LogP contribution in [0.3, 0.4) is 0 Å². The molecule has 0 bridgehead atoms. The molecule has 7 heteroatoms. The van der Waals surface area contributed by atoms with Crippen molar-refractivity contribution in [1.82, 2.24) is 9.55 Å². The number of H-pyrrole nitrogens is 1. The molecular formula is C12H8Cl2N2O3. The summed E-state index contributed by atoms with van der Waals surface area (Å²) in [5, 5.41) is 0.637. The molecule has 19 heavy (non-hydrogen) atoms. The van der Waals surface area contributed by atoms with E-state index in [1.54, 1.807) is 0 Å². The molecule has 0 spiro atoms. The number of Topliss-reactive ketones (excluding diaryl/α,β-unsaturated/α-hetero) is 1. The molecule has 0 radical (unpaired) electrons. The minimum atomic E-state index is -0.647. The molecule has 0 saturated carbocycles. The molecule has 0 aliphatic heterocycles. The third kappa shape index (κ3) is 3.13. The standard InChI is InChI=1S/C12H8Cl2N2O3/c13-7-1-2-8(9(14)5-7)10(17)6-16-4-3-11(18)15-12(16)19/h1-5H,6H2,(H,15,18,19). The van der Waals surface area contributed by atoms with Crippen LogP contribution in [0.1, 0.15) is 10.4 Å². The molecule has 5 nitrogen and oxygen atoms in total. The van der Waals surface area contributed by atoms with Gasteiger partial charge in [0.15, 0.2) is 5.78 Å². The van der Waals surface area contributed by atoms with E-state index in [-0.39, 0.29) is 22.9 Å². The lowest BCUT2D eigenvalue weighted by atomic mass is 10.1. The van der Waals surface area contributed by atoms with E-state index in [4.69, 9.17) is 23.2 Å². The number of benzene rings is 1. The van der Waals surface area contributed by atoms with Crippen molar-refractivity contribution in [2.24, 2.45) is 0 Å². The first-order valence-electron chi connectivity index (χ1n) is 5.25. The minimum Gasteiger partial charge on any atom is -0.293 e. The Morgan fingerprint density at radius 1 is 1.21 bits per heavy atom. The van der Waals surface area contributed by atoms with Gasteiger partial charge in [-0.05, 0) is 18.2 Å². The topological polar surface area (TPSA) is 71.9 Å². The van der Waals surface area contributed by atoms with Gasteiger partial charge in [0, 0.05) is 22.8 Å². The number of carbonyl (C=O) groups excluding carboxylic acids is 1. The predicted octanol–water partition coefficient (Wildman–Crippen LogP) is 1.73. The maximum atomic E-state index is 12.0. The van der Waals surface area contributed by atoms with Gasteiger partial charge in [0.2, 0.25) is 0 Å². The largest absolute Gasteiger partial charge is 0.328 e. The second-order valence-corrected chi connectivity index (χ2v) is 4.63. The van der Waals surface area contributed by atoms with Gasteiger partial charge >= 0.3 is 5.69 Å².